The van der Waals surface area contributed by atoms with Gasteiger partial charge in [0, 0.05) is 36.1 Å². The molecule has 3 aliphatic rings. The van der Waals surface area contributed by atoms with Crippen LogP contribution < -0.4 is 4.72 Å². The Balaban J connectivity index is 1.55. The zero-order valence-electron chi connectivity index (χ0n) is 20.4. The molecule has 2 saturated heterocycles. The first-order chi connectivity index (χ1) is 17.4. The van der Waals surface area contributed by atoms with E-state index in [4.69, 9.17) is 4.74 Å². The van der Waals surface area contributed by atoms with Crippen molar-refractivity contribution in [2.75, 3.05) is 13.2 Å². The average Bonchev–Trinajstić information content (AvgIpc) is 3.49. The van der Waals surface area contributed by atoms with Crippen molar-refractivity contribution < 1.29 is 35.5 Å². The van der Waals surface area contributed by atoms with E-state index in [0.717, 1.165) is 24.3 Å². The maximum absolute atomic E-state index is 15.7. The Kier molecular flexibility index (Phi) is 6.60. The zero-order chi connectivity index (χ0) is 26.7. The monoisotopic (exact) mass is 540 g/mol. The summed E-state index contributed by atoms with van der Waals surface area (Å²) in [6.45, 7) is 3.79. The molecule has 1 saturated carbocycles. The van der Waals surface area contributed by atoms with Gasteiger partial charge >= 0.3 is 0 Å². The first-order valence-corrected chi connectivity index (χ1v) is 13.8. The van der Waals surface area contributed by atoms with Gasteiger partial charge < -0.3 is 9.64 Å². The summed E-state index contributed by atoms with van der Waals surface area (Å²) in [6.07, 6.45) is 1.05. The number of hydrogen-bond donors (Lipinski definition) is 1. The Morgan fingerprint density at radius 1 is 1.08 bits per heavy atom. The lowest BCUT2D eigenvalue weighted by molar-refractivity contribution is -0.157. The van der Waals surface area contributed by atoms with E-state index in [0.29, 0.717) is 31.9 Å². The van der Waals surface area contributed by atoms with Gasteiger partial charge in [-0.25, -0.2) is 30.7 Å². The van der Waals surface area contributed by atoms with Crippen LogP contribution in [0.3, 0.4) is 0 Å². The summed E-state index contributed by atoms with van der Waals surface area (Å²) in [5, 5.41) is -0.732. The molecule has 3 atom stereocenters. The van der Waals surface area contributed by atoms with E-state index >= 15 is 4.39 Å². The number of likely N-dealkylation sites (tertiary alicyclic amines) is 1. The molecule has 37 heavy (non-hydrogen) atoms. The fraction of sp³-hybridized carbons (Fsp3) is 0.500. The molecule has 3 fully saturated rings. The van der Waals surface area contributed by atoms with Crippen LogP contribution in [0.2, 0.25) is 0 Å². The lowest BCUT2D eigenvalue weighted by atomic mass is 9.91. The molecule has 1 unspecified atom stereocenters. The molecule has 0 radical (unpaired) electrons. The van der Waals surface area contributed by atoms with Gasteiger partial charge in [0.25, 0.3) is 5.91 Å². The van der Waals surface area contributed by atoms with Crippen LogP contribution in [0, 0.1) is 28.7 Å². The second-order valence-corrected chi connectivity index (χ2v) is 12.8. The summed E-state index contributed by atoms with van der Waals surface area (Å²) in [5.41, 5.74) is -1.12. The van der Waals surface area contributed by atoms with Gasteiger partial charge in [0.05, 0.1) is 17.9 Å². The van der Waals surface area contributed by atoms with Crippen molar-refractivity contribution >= 4 is 15.9 Å². The van der Waals surface area contributed by atoms with Gasteiger partial charge in [0.15, 0.2) is 0 Å². The summed E-state index contributed by atoms with van der Waals surface area (Å²) >= 11 is 0. The number of ether oxygens (including phenoxy) is 1. The summed E-state index contributed by atoms with van der Waals surface area (Å²) in [6, 6.07) is 2.76. The number of benzene rings is 2. The van der Waals surface area contributed by atoms with Crippen LogP contribution >= 0.6 is 0 Å². The van der Waals surface area contributed by atoms with Crippen LogP contribution in [-0.4, -0.2) is 55.8 Å². The maximum atomic E-state index is 15.7. The van der Waals surface area contributed by atoms with Crippen LogP contribution in [0.4, 0.5) is 17.6 Å². The van der Waals surface area contributed by atoms with Crippen LogP contribution in [-0.2, 0) is 26.0 Å². The molecule has 200 valence electrons. The van der Waals surface area contributed by atoms with Gasteiger partial charge in [-0.15, -0.1) is 0 Å². The van der Waals surface area contributed by atoms with Crippen molar-refractivity contribution in [1.29, 1.82) is 0 Å². The van der Waals surface area contributed by atoms with Gasteiger partial charge in [-0.05, 0) is 68.5 Å². The lowest BCUT2D eigenvalue weighted by Crippen LogP contribution is -2.53. The molecular weight excluding hydrogens is 512 g/mol. The molecule has 1 spiro atoms. The first-order valence-electron chi connectivity index (χ1n) is 12.3. The summed E-state index contributed by atoms with van der Waals surface area (Å²) in [5.74, 6) is -3.90. The third-order valence-electron chi connectivity index (χ3n) is 7.71. The van der Waals surface area contributed by atoms with E-state index < -0.39 is 62.1 Å². The summed E-state index contributed by atoms with van der Waals surface area (Å²) < 4.78 is 91.9. The quantitative estimate of drug-likeness (QED) is 0.541. The maximum Gasteiger partial charge on any atom is 0.252 e. The highest BCUT2D eigenvalue weighted by atomic mass is 32.2. The molecular formula is C26H28F4N2O4S. The molecule has 0 bridgehead atoms. The molecule has 2 aliphatic heterocycles. The van der Waals surface area contributed by atoms with E-state index in [2.05, 4.69) is 4.72 Å². The normalized spacial score (nSPS) is 24.5. The fourth-order valence-electron chi connectivity index (χ4n) is 5.31. The topological polar surface area (TPSA) is 75.7 Å². The highest BCUT2D eigenvalue weighted by Gasteiger charge is 2.62. The molecule has 1 amide bonds. The van der Waals surface area contributed by atoms with E-state index in [1.165, 1.54) is 18.7 Å². The zero-order valence-corrected chi connectivity index (χ0v) is 21.3. The fourth-order valence-corrected chi connectivity index (χ4v) is 6.35. The Bertz CT molecular complexity index is 1320. The highest BCUT2D eigenvalue weighted by Crippen LogP contribution is 2.56. The van der Waals surface area contributed by atoms with Gasteiger partial charge in [0.2, 0.25) is 10.0 Å². The van der Waals surface area contributed by atoms with Gasteiger partial charge in [0.1, 0.15) is 29.4 Å². The molecule has 0 aromatic heterocycles. The van der Waals surface area contributed by atoms with E-state index in [9.17, 15) is 26.4 Å². The third kappa shape index (κ3) is 4.88. The Morgan fingerprint density at radius 2 is 1.70 bits per heavy atom. The Hall–Kier alpha value is -2.50. The lowest BCUT2D eigenvalue weighted by Gasteiger charge is -2.34. The van der Waals surface area contributed by atoms with Crippen molar-refractivity contribution in [3.05, 3.63) is 59.2 Å². The highest BCUT2D eigenvalue weighted by molar-refractivity contribution is 7.90. The predicted octanol–water partition coefficient (Wildman–Crippen LogP) is 3.93. The minimum absolute atomic E-state index is 0.122. The number of rotatable bonds is 7. The summed E-state index contributed by atoms with van der Waals surface area (Å²) in [4.78, 5) is 14.8. The number of hydrogen-bond acceptors (Lipinski definition) is 4. The largest absolute Gasteiger partial charge is 0.368 e. The van der Waals surface area contributed by atoms with Crippen molar-refractivity contribution in [2.45, 2.75) is 63.0 Å². The Labute approximate surface area is 213 Å². The molecule has 2 aromatic carbocycles. The number of nitrogens with one attached hydrogen (secondary N) is 1. The number of halogens is 4. The standard InChI is InChI=1S/C26H28F4N2O4S/c1-14(2)37(34,35)31-24-21(32(13-26(24)4-5-26)25(33)22-3-6-36-22)10-16-9-19(29)12-20(23(16)30)15-7-17(27)11-18(28)8-15/h7-9,11-12,14,21-22,24,31H,3-6,10,13H2,1-2H3/t21-,22?,24+/m0/s1. The van der Waals surface area contributed by atoms with Crippen molar-refractivity contribution in [2.24, 2.45) is 5.41 Å². The SMILES string of the molecule is CC(C)S(=O)(=O)N[C@@H]1[C@H](Cc2cc(F)cc(-c3cc(F)cc(F)c3)c2F)N(C(=O)C2CCO2)CC12CC2. The average molecular weight is 541 g/mol. The molecule has 2 aromatic rings. The smallest absolute Gasteiger partial charge is 0.252 e. The number of amides is 1. The third-order valence-corrected chi connectivity index (χ3v) is 9.53. The van der Waals surface area contributed by atoms with Gasteiger partial charge in [-0.1, -0.05) is 0 Å². The minimum Gasteiger partial charge on any atom is -0.368 e. The molecule has 1 N–H and O–H groups in total. The van der Waals surface area contributed by atoms with Crippen LogP contribution in [0.25, 0.3) is 11.1 Å². The van der Waals surface area contributed by atoms with Crippen molar-refractivity contribution in [3.63, 3.8) is 0 Å². The second-order valence-electron chi connectivity index (χ2n) is 10.5. The van der Waals surface area contributed by atoms with Gasteiger partial charge in [-0.3, -0.25) is 4.79 Å². The number of carbonyl (C=O) groups excluding carboxylic acids is 1. The summed E-state index contributed by atoms with van der Waals surface area (Å²) in [7, 11) is -3.75. The predicted molar refractivity (Wildman–Crippen MR) is 128 cm³/mol. The van der Waals surface area contributed by atoms with E-state index in [1.807, 2.05) is 0 Å². The molecule has 5 rings (SSSR count). The number of carbonyl (C=O) groups is 1. The molecule has 1 aliphatic carbocycles. The van der Waals surface area contributed by atoms with Gasteiger partial charge in [-0.2, -0.15) is 0 Å². The van der Waals surface area contributed by atoms with Crippen LogP contribution in [0.15, 0.2) is 30.3 Å². The molecule has 11 heteroatoms. The van der Waals surface area contributed by atoms with Crippen molar-refractivity contribution in [1.82, 2.24) is 9.62 Å². The van der Waals surface area contributed by atoms with Crippen LogP contribution in [0.1, 0.15) is 38.7 Å². The van der Waals surface area contributed by atoms with Crippen molar-refractivity contribution in [3.8, 4) is 11.1 Å². The Morgan fingerprint density at radius 3 is 2.24 bits per heavy atom. The minimum atomic E-state index is -3.75. The van der Waals surface area contributed by atoms with E-state index in [1.54, 1.807) is 0 Å². The van der Waals surface area contributed by atoms with Crippen LogP contribution in [0.5, 0.6) is 0 Å². The number of sulfonamides is 1. The molecule has 6 nitrogen and oxygen atoms in total. The second kappa shape index (κ2) is 9.36. The number of nitrogens with zero attached hydrogens (tertiary/aromatic N) is 1. The van der Waals surface area contributed by atoms with E-state index in [-0.39, 0.29) is 35.6 Å². The first kappa shape index (κ1) is 26.1. The molecule has 2 heterocycles.